The number of ether oxygens (including phenoxy) is 1. The van der Waals surface area contributed by atoms with E-state index in [0.29, 0.717) is 30.4 Å². The van der Waals surface area contributed by atoms with Gasteiger partial charge in [0.2, 0.25) is 0 Å². The molecule has 9 heteroatoms. The van der Waals surface area contributed by atoms with E-state index >= 15 is 0 Å². The average molecular weight is 390 g/mol. The smallest absolute Gasteiger partial charge is 0.270 e. The van der Waals surface area contributed by atoms with Crippen molar-refractivity contribution < 1.29 is 17.9 Å². The van der Waals surface area contributed by atoms with E-state index in [1.807, 2.05) is 31.2 Å². The van der Waals surface area contributed by atoms with Crippen molar-refractivity contribution in [1.82, 2.24) is 15.3 Å². The maximum atomic E-state index is 12.5. The Morgan fingerprint density at radius 2 is 2.07 bits per heavy atom. The average Bonchev–Trinajstić information content (AvgIpc) is 2.95. The van der Waals surface area contributed by atoms with Crippen LogP contribution >= 0.6 is 0 Å². The van der Waals surface area contributed by atoms with Crippen molar-refractivity contribution in [3.05, 3.63) is 41.9 Å². The third-order valence-corrected chi connectivity index (χ3v) is 5.86. The van der Waals surface area contributed by atoms with Crippen LogP contribution in [0.1, 0.15) is 29.7 Å². The molecule has 1 fully saturated rings. The number of aromatic nitrogens is 2. The number of para-hydroxylation sites is 2. The summed E-state index contributed by atoms with van der Waals surface area (Å²) in [5.41, 5.74) is 0.911. The third-order valence-electron chi connectivity index (χ3n) is 4.09. The minimum atomic E-state index is -3.06. The predicted octanol–water partition coefficient (Wildman–Crippen LogP) is 1.84. The zero-order valence-electron chi connectivity index (χ0n) is 15.2. The van der Waals surface area contributed by atoms with E-state index in [9.17, 15) is 13.2 Å². The molecule has 0 aliphatic carbocycles. The number of amides is 1. The van der Waals surface area contributed by atoms with Gasteiger partial charge in [-0.25, -0.2) is 18.4 Å². The van der Waals surface area contributed by atoms with E-state index in [1.54, 1.807) is 6.92 Å². The van der Waals surface area contributed by atoms with E-state index in [0.717, 1.165) is 5.69 Å². The summed E-state index contributed by atoms with van der Waals surface area (Å²) in [6.07, 6.45) is 0.422. The van der Waals surface area contributed by atoms with Gasteiger partial charge in [0.15, 0.2) is 9.84 Å². The van der Waals surface area contributed by atoms with Crippen molar-refractivity contribution in [2.75, 3.05) is 23.4 Å². The van der Waals surface area contributed by atoms with Gasteiger partial charge in [-0.2, -0.15) is 0 Å². The van der Waals surface area contributed by atoms with Crippen molar-refractivity contribution in [2.45, 2.75) is 26.3 Å². The first-order valence-electron chi connectivity index (χ1n) is 8.72. The predicted molar refractivity (Wildman–Crippen MR) is 102 cm³/mol. The maximum Gasteiger partial charge on any atom is 0.270 e. The van der Waals surface area contributed by atoms with Crippen LogP contribution in [0, 0.1) is 6.92 Å². The minimum absolute atomic E-state index is 0.0321. The largest absolute Gasteiger partial charge is 0.492 e. The number of carbonyl (C=O) groups excluding carboxylic acids is 1. The van der Waals surface area contributed by atoms with E-state index < -0.39 is 15.7 Å². The molecule has 2 N–H and O–H groups in total. The van der Waals surface area contributed by atoms with Gasteiger partial charge in [-0.1, -0.05) is 12.1 Å². The lowest BCUT2D eigenvalue weighted by Gasteiger charge is -2.14. The molecule has 8 nitrogen and oxygen atoms in total. The van der Waals surface area contributed by atoms with Gasteiger partial charge < -0.3 is 15.4 Å². The summed E-state index contributed by atoms with van der Waals surface area (Å²) in [4.78, 5) is 21.0. The van der Waals surface area contributed by atoms with Crippen LogP contribution in [0.3, 0.4) is 0 Å². The summed E-state index contributed by atoms with van der Waals surface area (Å²) in [5.74, 6) is 1.22. The highest BCUT2D eigenvalue weighted by molar-refractivity contribution is 7.91. The van der Waals surface area contributed by atoms with E-state index in [1.165, 1.54) is 6.07 Å². The number of nitrogens with zero attached hydrogens (tertiary/aromatic N) is 2. The van der Waals surface area contributed by atoms with Crippen molar-refractivity contribution >= 4 is 27.2 Å². The number of sulfone groups is 1. The first-order chi connectivity index (χ1) is 12.9. The maximum absolute atomic E-state index is 12.5. The van der Waals surface area contributed by atoms with Gasteiger partial charge in [0.1, 0.15) is 23.1 Å². The quantitative estimate of drug-likeness (QED) is 0.774. The molecular weight excluding hydrogens is 368 g/mol. The Bertz CT molecular complexity index is 946. The van der Waals surface area contributed by atoms with Gasteiger partial charge in [-0.05, 0) is 32.4 Å². The number of nitrogens with one attached hydrogen (secondary N) is 2. The second kappa shape index (κ2) is 7.91. The van der Waals surface area contributed by atoms with E-state index in [-0.39, 0.29) is 23.2 Å². The van der Waals surface area contributed by atoms with Crippen LogP contribution in [0.25, 0.3) is 0 Å². The van der Waals surface area contributed by atoms with Gasteiger partial charge in [-0.15, -0.1) is 0 Å². The lowest BCUT2D eigenvalue weighted by Crippen LogP contribution is -2.36. The molecule has 0 bridgehead atoms. The Morgan fingerprint density at radius 1 is 1.30 bits per heavy atom. The molecule has 1 aromatic heterocycles. The Labute approximate surface area is 158 Å². The van der Waals surface area contributed by atoms with Crippen molar-refractivity contribution in [3.63, 3.8) is 0 Å². The molecule has 2 heterocycles. The van der Waals surface area contributed by atoms with Crippen LogP contribution in [-0.2, 0) is 9.84 Å². The van der Waals surface area contributed by atoms with Crippen LogP contribution in [0.2, 0.25) is 0 Å². The van der Waals surface area contributed by atoms with Gasteiger partial charge in [-0.3, -0.25) is 4.79 Å². The molecule has 0 saturated carbocycles. The number of carbonyl (C=O) groups is 1. The molecule has 1 unspecified atom stereocenters. The van der Waals surface area contributed by atoms with Crippen LogP contribution in [0.5, 0.6) is 5.75 Å². The second-order valence-electron chi connectivity index (χ2n) is 6.31. The molecule has 27 heavy (non-hydrogen) atoms. The van der Waals surface area contributed by atoms with Crippen LogP contribution in [0.15, 0.2) is 30.3 Å². The fourth-order valence-electron chi connectivity index (χ4n) is 2.91. The van der Waals surface area contributed by atoms with Gasteiger partial charge >= 0.3 is 0 Å². The van der Waals surface area contributed by atoms with Crippen LogP contribution in [0.4, 0.5) is 11.5 Å². The summed E-state index contributed by atoms with van der Waals surface area (Å²) in [6, 6.07) is 8.59. The molecular formula is C18H22N4O4S. The molecule has 3 rings (SSSR count). The first-order valence-corrected chi connectivity index (χ1v) is 10.5. The highest BCUT2D eigenvalue weighted by Gasteiger charge is 2.29. The molecule has 0 radical (unpaired) electrons. The summed E-state index contributed by atoms with van der Waals surface area (Å²) < 4.78 is 28.7. The number of benzene rings is 1. The monoisotopic (exact) mass is 390 g/mol. The van der Waals surface area contributed by atoms with Gasteiger partial charge in [0.05, 0.1) is 23.8 Å². The molecule has 1 aliphatic rings. The minimum Gasteiger partial charge on any atom is -0.492 e. The second-order valence-corrected chi connectivity index (χ2v) is 8.54. The van der Waals surface area contributed by atoms with Crippen LogP contribution < -0.4 is 15.4 Å². The lowest BCUT2D eigenvalue weighted by atomic mass is 10.2. The summed E-state index contributed by atoms with van der Waals surface area (Å²) in [5, 5.41) is 5.89. The highest BCUT2D eigenvalue weighted by Crippen LogP contribution is 2.27. The summed E-state index contributed by atoms with van der Waals surface area (Å²) in [6.45, 7) is 4.12. The number of hydrogen-bond donors (Lipinski definition) is 2. The molecule has 1 saturated heterocycles. The number of aryl methyl sites for hydroxylation is 1. The fraction of sp³-hybridized carbons (Fsp3) is 0.389. The van der Waals surface area contributed by atoms with Gasteiger partial charge in [0, 0.05) is 12.1 Å². The third kappa shape index (κ3) is 4.94. The van der Waals surface area contributed by atoms with Gasteiger partial charge in [0.25, 0.3) is 5.91 Å². The van der Waals surface area contributed by atoms with Crippen molar-refractivity contribution in [3.8, 4) is 5.75 Å². The Kier molecular flexibility index (Phi) is 5.59. The number of hydrogen-bond acceptors (Lipinski definition) is 7. The zero-order chi connectivity index (χ0) is 19.4. The van der Waals surface area contributed by atoms with E-state index in [2.05, 4.69) is 20.6 Å². The van der Waals surface area contributed by atoms with Crippen molar-refractivity contribution in [2.24, 2.45) is 0 Å². The van der Waals surface area contributed by atoms with Crippen molar-refractivity contribution in [1.29, 1.82) is 0 Å². The molecule has 1 amide bonds. The topological polar surface area (TPSA) is 110 Å². The molecule has 144 valence electrons. The fourth-order valence-corrected chi connectivity index (χ4v) is 4.58. The standard InChI is InChI=1S/C18H22N4O4S/c1-3-26-16-7-5-4-6-14(16)22-17-10-15(19-12(2)20-17)18(23)21-13-8-9-27(24,25)11-13/h4-7,10,13H,3,8-9,11H2,1-2H3,(H,21,23)(H,19,20,22). The Hall–Kier alpha value is -2.68. The van der Waals surface area contributed by atoms with E-state index in [4.69, 9.17) is 4.74 Å². The first kappa shape index (κ1) is 19.1. The normalized spacial score (nSPS) is 18.1. The zero-order valence-corrected chi connectivity index (χ0v) is 16.0. The SMILES string of the molecule is CCOc1ccccc1Nc1cc(C(=O)NC2CCS(=O)(=O)C2)nc(C)n1. The number of anilines is 2. The summed E-state index contributed by atoms with van der Waals surface area (Å²) >= 11 is 0. The molecule has 0 spiro atoms. The highest BCUT2D eigenvalue weighted by atomic mass is 32.2. The molecule has 2 aromatic rings. The molecule has 1 aliphatic heterocycles. The molecule has 1 atom stereocenters. The Morgan fingerprint density at radius 3 is 2.78 bits per heavy atom. The molecule has 1 aromatic carbocycles. The summed E-state index contributed by atoms with van der Waals surface area (Å²) in [7, 11) is -3.06. The number of rotatable bonds is 6. The lowest BCUT2D eigenvalue weighted by molar-refractivity contribution is 0.0935. The van der Waals surface area contributed by atoms with Crippen LogP contribution in [-0.4, -0.2) is 48.4 Å². The Balaban J connectivity index is 1.77.